The summed E-state index contributed by atoms with van der Waals surface area (Å²) in [4.78, 5) is 30.5. The van der Waals surface area contributed by atoms with Crippen molar-refractivity contribution in [3.8, 4) is 0 Å². The van der Waals surface area contributed by atoms with Crippen LogP contribution in [0.25, 0.3) is 0 Å². The first kappa shape index (κ1) is 17.5. The highest BCUT2D eigenvalue weighted by molar-refractivity contribution is 5.80. The minimum absolute atomic E-state index is 0.207. The van der Waals surface area contributed by atoms with Gasteiger partial charge in [0, 0.05) is 58.2 Å². The number of carbonyl (C=O) groups is 2. The van der Waals surface area contributed by atoms with Crippen molar-refractivity contribution in [1.29, 1.82) is 0 Å². The number of benzene rings is 1. The molecule has 5 heteroatoms. The molecule has 0 aromatic heterocycles. The summed E-state index contributed by atoms with van der Waals surface area (Å²) in [5.74, 6) is 0.415. The molecule has 0 unspecified atom stereocenters. The van der Waals surface area contributed by atoms with Crippen molar-refractivity contribution < 1.29 is 9.59 Å². The second-order valence-electron chi connectivity index (χ2n) is 7.82. The van der Waals surface area contributed by atoms with Crippen LogP contribution < -0.4 is 0 Å². The molecule has 140 valence electrons. The first-order chi connectivity index (χ1) is 12.7. The van der Waals surface area contributed by atoms with Crippen LogP contribution in [0.3, 0.4) is 0 Å². The predicted molar refractivity (Wildman–Crippen MR) is 101 cm³/mol. The average Bonchev–Trinajstić information content (AvgIpc) is 3.10. The third kappa shape index (κ3) is 3.78. The molecule has 1 aromatic carbocycles. The number of fused-ring (bicyclic) bond motifs is 1. The first-order valence-electron chi connectivity index (χ1n) is 10.1. The lowest BCUT2D eigenvalue weighted by atomic mass is 9.87. The van der Waals surface area contributed by atoms with Crippen LogP contribution >= 0.6 is 0 Å². The Kier molecular flexibility index (Phi) is 5.25. The monoisotopic (exact) mass is 355 g/mol. The Morgan fingerprint density at radius 3 is 2.50 bits per heavy atom. The van der Waals surface area contributed by atoms with Crippen LogP contribution in [0.2, 0.25) is 0 Å². The summed E-state index contributed by atoms with van der Waals surface area (Å²) >= 11 is 0. The summed E-state index contributed by atoms with van der Waals surface area (Å²) in [6, 6.07) is 9.42. The van der Waals surface area contributed by atoms with E-state index < -0.39 is 0 Å². The predicted octanol–water partition coefficient (Wildman–Crippen LogP) is 1.70. The molecular weight excluding hydrogens is 326 g/mol. The Morgan fingerprint density at radius 1 is 1.00 bits per heavy atom. The second kappa shape index (κ2) is 7.78. The number of hydrogen-bond donors (Lipinski definition) is 0. The fourth-order valence-electron chi connectivity index (χ4n) is 4.66. The summed E-state index contributed by atoms with van der Waals surface area (Å²) in [6.07, 6.45) is 5.60. The zero-order valence-corrected chi connectivity index (χ0v) is 15.5. The van der Waals surface area contributed by atoms with Crippen molar-refractivity contribution in [3.05, 3.63) is 35.4 Å². The van der Waals surface area contributed by atoms with E-state index in [1.807, 2.05) is 9.80 Å². The molecule has 0 N–H and O–H groups in total. The van der Waals surface area contributed by atoms with E-state index in [0.717, 1.165) is 45.6 Å². The number of carbonyl (C=O) groups excluding carboxylic acids is 2. The Labute approximate surface area is 155 Å². The number of aryl methyl sites for hydroxylation is 1. The van der Waals surface area contributed by atoms with Crippen LogP contribution in [0.4, 0.5) is 0 Å². The Hall–Kier alpha value is -1.88. The average molecular weight is 355 g/mol. The highest BCUT2D eigenvalue weighted by Crippen LogP contribution is 2.25. The molecule has 2 heterocycles. The van der Waals surface area contributed by atoms with E-state index in [0.29, 0.717) is 25.4 Å². The van der Waals surface area contributed by atoms with Gasteiger partial charge in [-0.1, -0.05) is 24.3 Å². The van der Waals surface area contributed by atoms with Gasteiger partial charge in [0.2, 0.25) is 11.8 Å². The van der Waals surface area contributed by atoms with Gasteiger partial charge in [0.25, 0.3) is 0 Å². The zero-order valence-electron chi connectivity index (χ0n) is 15.5. The molecular formula is C21H29N3O2. The van der Waals surface area contributed by atoms with Gasteiger partial charge in [0.1, 0.15) is 0 Å². The van der Waals surface area contributed by atoms with Gasteiger partial charge in [-0.3, -0.25) is 14.5 Å². The van der Waals surface area contributed by atoms with Crippen molar-refractivity contribution in [2.24, 2.45) is 0 Å². The molecule has 3 aliphatic rings. The summed E-state index contributed by atoms with van der Waals surface area (Å²) in [6.45, 7) is 5.01. The number of amides is 2. The fourth-order valence-corrected chi connectivity index (χ4v) is 4.66. The highest BCUT2D eigenvalue weighted by atomic mass is 16.2. The van der Waals surface area contributed by atoms with Gasteiger partial charge in [-0.05, 0) is 36.8 Å². The lowest BCUT2D eigenvalue weighted by Gasteiger charge is -2.41. The van der Waals surface area contributed by atoms with Crippen molar-refractivity contribution in [1.82, 2.24) is 14.7 Å². The molecule has 0 bridgehead atoms. The topological polar surface area (TPSA) is 43.9 Å². The molecule has 2 aliphatic heterocycles. The van der Waals surface area contributed by atoms with Crippen LogP contribution in [0.15, 0.2) is 24.3 Å². The minimum atomic E-state index is 0.207. The highest BCUT2D eigenvalue weighted by Gasteiger charge is 2.29. The SMILES string of the molecule is O=C1CCCN1CCC(=O)N1CCN([C@@H]2CCc3ccccc3C2)CC1. The van der Waals surface area contributed by atoms with E-state index in [4.69, 9.17) is 0 Å². The van der Waals surface area contributed by atoms with E-state index in [1.54, 1.807) is 0 Å². The van der Waals surface area contributed by atoms with Gasteiger partial charge in [-0.15, -0.1) is 0 Å². The minimum Gasteiger partial charge on any atom is -0.342 e. The molecule has 1 aromatic rings. The maximum absolute atomic E-state index is 12.5. The van der Waals surface area contributed by atoms with Crippen molar-refractivity contribution in [2.45, 2.75) is 44.6 Å². The van der Waals surface area contributed by atoms with Gasteiger partial charge in [0.05, 0.1) is 0 Å². The van der Waals surface area contributed by atoms with Crippen LogP contribution in [-0.2, 0) is 22.4 Å². The zero-order chi connectivity index (χ0) is 17.9. The van der Waals surface area contributed by atoms with E-state index in [-0.39, 0.29) is 11.8 Å². The summed E-state index contributed by atoms with van der Waals surface area (Å²) in [7, 11) is 0. The van der Waals surface area contributed by atoms with E-state index in [9.17, 15) is 9.59 Å². The van der Waals surface area contributed by atoms with E-state index >= 15 is 0 Å². The van der Waals surface area contributed by atoms with Crippen LogP contribution in [0.5, 0.6) is 0 Å². The standard InChI is InChI=1S/C21H29N3O2/c25-20-6-3-10-23(20)11-9-21(26)24-14-12-22(13-15-24)19-8-7-17-4-1-2-5-18(17)16-19/h1-2,4-5,19H,3,6-16H2/t19-/m1/s1. The maximum Gasteiger partial charge on any atom is 0.224 e. The Morgan fingerprint density at radius 2 is 1.77 bits per heavy atom. The van der Waals surface area contributed by atoms with Crippen LogP contribution in [0.1, 0.15) is 36.8 Å². The van der Waals surface area contributed by atoms with Crippen molar-refractivity contribution >= 4 is 11.8 Å². The molecule has 2 amide bonds. The van der Waals surface area contributed by atoms with Gasteiger partial charge in [0.15, 0.2) is 0 Å². The van der Waals surface area contributed by atoms with Gasteiger partial charge >= 0.3 is 0 Å². The summed E-state index contributed by atoms with van der Waals surface area (Å²) in [5.41, 5.74) is 3.01. The molecule has 1 atom stereocenters. The quantitative estimate of drug-likeness (QED) is 0.826. The van der Waals surface area contributed by atoms with Crippen molar-refractivity contribution in [3.63, 3.8) is 0 Å². The number of hydrogen-bond acceptors (Lipinski definition) is 3. The van der Waals surface area contributed by atoms with Crippen LogP contribution in [-0.4, -0.2) is 71.8 Å². The molecule has 5 nitrogen and oxygen atoms in total. The molecule has 0 saturated carbocycles. The van der Waals surface area contributed by atoms with Crippen LogP contribution in [0, 0.1) is 0 Å². The number of rotatable bonds is 4. The summed E-state index contributed by atoms with van der Waals surface area (Å²) < 4.78 is 0. The molecule has 0 radical (unpaired) electrons. The summed E-state index contributed by atoms with van der Waals surface area (Å²) in [5, 5.41) is 0. The lowest BCUT2D eigenvalue weighted by Crippen LogP contribution is -2.53. The third-order valence-electron chi connectivity index (χ3n) is 6.27. The molecule has 26 heavy (non-hydrogen) atoms. The van der Waals surface area contributed by atoms with Crippen molar-refractivity contribution in [2.75, 3.05) is 39.3 Å². The van der Waals surface area contributed by atoms with Gasteiger partial charge in [-0.2, -0.15) is 0 Å². The molecule has 2 saturated heterocycles. The third-order valence-corrected chi connectivity index (χ3v) is 6.27. The maximum atomic E-state index is 12.5. The lowest BCUT2D eigenvalue weighted by molar-refractivity contribution is -0.134. The number of likely N-dealkylation sites (tertiary alicyclic amines) is 1. The number of nitrogens with zero attached hydrogens (tertiary/aromatic N) is 3. The molecule has 0 spiro atoms. The fraction of sp³-hybridized carbons (Fsp3) is 0.619. The van der Waals surface area contributed by atoms with Gasteiger partial charge in [-0.25, -0.2) is 0 Å². The Balaban J connectivity index is 1.24. The smallest absolute Gasteiger partial charge is 0.224 e. The first-order valence-corrected chi connectivity index (χ1v) is 10.1. The second-order valence-corrected chi connectivity index (χ2v) is 7.82. The normalized spacial score (nSPS) is 24.0. The van der Waals surface area contributed by atoms with E-state index in [2.05, 4.69) is 29.2 Å². The number of piperazine rings is 1. The molecule has 2 fully saturated rings. The largest absolute Gasteiger partial charge is 0.342 e. The molecule has 1 aliphatic carbocycles. The molecule has 4 rings (SSSR count). The van der Waals surface area contributed by atoms with E-state index in [1.165, 1.54) is 24.0 Å². The Bertz CT molecular complexity index is 667. The van der Waals surface area contributed by atoms with Gasteiger partial charge < -0.3 is 9.80 Å².